The van der Waals surface area contributed by atoms with E-state index in [1.165, 1.54) is 17.3 Å². The third-order valence-corrected chi connectivity index (χ3v) is 10.1. The monoisotopic (exact) mass is 682 g/mol. The Hall–Kier alpha value is -4.10. The summed E-state index contributed by atoms with van der Waals surface area (Å²) in [6, 6.07) is -3.85. The quantitative estimate of drug-likeness (QED) is 0.137. The molecule has 3 fully saturated rings. The van der Waals surface area contributed by atoms with Crippen molar-refractivity contribution in [2.75, 3.05) is 13.1 Å². The van der Waals surface area contributed by atoms with Gasteiger partial charge in [-0.15, -0.1) is 6.58 Å². The van der Waals surface area contributed by atoms with Gasteiger partial charge in [0.1, 0.15) is 24.5 Å². The van der Waals surface area contributed by atoms with Gasteiger partial charge in [0.2, 0.25) is 29.3 Å². The second-order valence-corrected chi connectivity index (χ2v) is 15.3. The number of aromatic amines is 1. The topological polar surface area (TPSA) is 195 Å². The zero-order chi connectivity index (χ0) is 35.9. The van der Waals surface area contributed by atoms with Gasteiger partial charge in [0.15, 0.2) is 0 Å². The van der Waals surface area contributed by atoms with Gasteiger partial charge in [-0.05, 0) is 54.8 Å². The molecule has 5 N–H and O–H groups in total. The van der Waals surface area contributed by atoms with Gasteiger partial charge in [0, 0.05) is 13.1 Å². The Morgan fingerprint density at radius 2 is 1.69 bits per heavy atom. The van der Waals surface area contributed by atoms with Crippen molar-refractivity contribution in [3.8, 4) is 0 Å². The molecule has 0 radical (unpaired) electrons. The summed E-state index contributed by atoms with van der Waals surface area (Å²) in [4.78, 5) is 86.9. The molecule has 49 heavy (non-hydrogen) atoms. The minimum absolute atomic E-state index is 0.0145. The molecular formula is C35H54N8O6. The van der Waals surface area contributed by atoms with Gasteiger partial charge in [0.25, 0.3) is 11.8 Å². The Kier molecular flexibility index (Phi) is 12.7. The number of carbonyl (C=O) groups is 6. The number of amides is 5. The summed E-state index contributed by atoms with van der Waals surface area (Å²) < 4.78 is 0. The Bertz CT molecular complexity index is 1360. The Balaban J connectivity index is 1.57. The minimum Gasteiger partial charge on any atom is -0.346 e. The van der Waals surface area contributed by atoms with Gasteiger partial charge in [-0.25, -0.2) is 4.98 Å². The van der Waals surface area contributed by atoms with E-state index in [-0.39, 0.29) is 42.6 Å². The van der Waals surface area contributed by atoms with Crippen LogP contribution in [0.15, 0.2) is 19.0 Å². The lowest BCUT2D eigenvalue weighted by atomic mass is 9.82. The standard InChI is InChI=1S/C35H54N8O6/c1-7-16-36-32(47)27(44)24(18-21-13-14-21)39-31(46)26-23(20(2)3)15-17-43(26)34(49)28(35(4,5)6)41-30(45)25(22-11-9-8-10-12-22)40-33(48)29-37-19-38-42-29/h7,19-26,28H,1,8-18H2,2-6H3,(H,36,47)(H,39,46)(H,40,48)(H,41,45)(H,37,38,42)/t23-,24?,25+,26+,28-/m1/s1. The lowest BCUT2D eigenvalue weighted by molar-refractivity contribution is -0.146. The van der Waals surface area contributed by atoms with E-state index in [2.05, 4.69) is 43.0 Å². The summed E-state index contributed by atoms with van der Waals surface area (Å²) in [5.74, 6) is -3.53. The number of rotatable bonds is 15. The van der Waals surface area contributed by atoms with E-state index in [4.69, 9.17) is 0 Å². The number of nitrogens with one attached hydrogen (secondary N) is 5. The Labute approximate surface area is 288 Å². The normalized spacial score (nSPS) is 21.7. The van der Waals surface area contributed by atoms with Crippen LogP contribution in [0.25, 0.3) is 0 Å². The number of carbonyl (C=O) groups excluding carboxylic acids is 6. The van der Waals surface area contributed by atoms with Crippen molar-refractivity contribution in [2.24, 2.45) is 29.1 Å². The van der Waals surface area contributed by atoms with E-state index >= 15 is 0 Å². The van der Waals surface area contributed by atoms with Crippen LogP contribution in [0.4, 0.5) is 0 Å². The van der Waals surface area contributed by atoms with Crippen LogP contribution >= 0.6 is 0 Å². The zero-order valence-corrected chi connectivity index (χ0v) is 29.5. The van der Waals surface area contributed by atoms with E-state index in [1.54, 1.807) is 0 Å². The summed E-state index contributed by atoms with van der Waals surface area (Å²) in [5.41, 5.74) is -0.760. The molecule has 2 aliphatic carbocycles. The maximum atomic E-state index is 14.5. The molecule has 1 aliphatic heterocycles. The first kappa shape index (κ1) is 37.7. The molecule has 1 aromatic rings. The Morgan fingerprint density at radius 3 is 2.27 bits per heavy atom. The summed E-state index contributed by atoms with van der Waals surface area (Å²) in [6.45, 7) is 13.5. The number of hydrogen-bond donors (Lipinski definition) is 5. The van der Waals surface area contributed by atoms with E-state index in [0.717, 1.165) is 44.9 Å². The second-order valence-electron chi connectivity index (χ2n) is 15.3. The molecule has 1 saturated heterocycles. The fraction of sp³-hybridized carbons (Fsp3) is 0.714. The molecular weight excluding hydrogens is 628 g/mol. The highest BCUT2D eigenvalue weighted by atomic mass is 16.2. The van der Waals surface area contributed by atoms with Crippen LogP contribution in [0, 0.1) is 29.1 Å². The van der Waals surface area contributed by atoms with Crippen LogP contribution in [0.2, 0.25) is 0 Å². The first-order valence-corrected chi connectivity index (χ1v) is 17.7. The van der Waals surface area contributed by atoms with Gasteiger partial charge in [-0.1, -0.05) is 72.8 Å². The summed E-state index contributed by atoms with van der Waals surface area (Å²) in [6.07, 6.45) is 9.84. The smallest absolute Gasteiger partial charge is 0.289 e. The number of nitrogens with zero attached hydrogens (tertiary/aromatic N) is 3. The Morgan fingerprint density at radius 1 is 1.00 bits per heavy atom. The molecule has 14 heteroatoms. The van der Waals surface area contributed by atoms with Gasteiger partial charge >= 0.3 is 0 Å². The van der Waals surface area contributed by atoms with E-state index in [0.29, 0.717) is 12.8 Å². The third-order valence-electron chi connectivity index (χ3n) is 10.1. The van der Waals surface area contributed by atoms with Gasteiger partial charge in [-0.2, -0.15) is 5.10 Å². The fourth-order valence-corrected chi connectivity index (χ4v) is 7.12. The predicted octanol–water partition coefficient (Wildman–Crippen LogP) is 2.04. The molecule has 3 aliphatic rings. The van der Waals surface area contributed by atoms with Gasteiger partial charge in [0.05, 0.1) is 6.04 Å². The van der Waals surface area contributed by atoms with Crippen LogP contribution in [0.1, 0.15) is 103 Å². The van der Waals surface area contributed by atoms with Crippen molar-refractivity contribution in [3.05, 3.63) is 24.8 Å². The highest BCUT2D eigenvalue weighted by Gasteiger charge is 2.48. The average Bonchev–Trinajstić information content (AvgIpc) is 3.50. The summed E-state index contributed by atoms with van der Waals surface area (Å²) in [5, 5.41) is 17.4. The molecule has 2 saturated carbocycles. The largest absolute Gasteiger partial charge is 0.346 e. The SMILES string of the molecule is C=CCNC(=O)C(=O)C(CC1CC1)NC(=O)[C@@H]1[C@@H](C(C)C)CCN1C(=O)[C@@H](NC(=O)[C@@H](NC(=O)c1ncn[nH]1)C1CCCCC1)C(C)(C)C. The minimum atomic E-state index is -1.02. The third kappa shape index (κ3) is 9.75. The zero-order valence-electron chi connectivity index (χ0n) is 29.5. The molecule has 14 nitrogen and oxygen atoms in total. The number of H-pyrrole nitrogens is 1. The van der Waals surface area contributed by atoms with Crippen LogP contribution in [-0.4, -0.2) is 92.7 Å². The van der Waals surface area contributed by atoms with Crippen molar-refractivity contribution in [2.45, 2.75) is 117 Å². The molecule has 0 bridgehead atoms. The highest BCUT2D eigenvalue weighted by molar-refractivity contribution is 6.38. The highest BCUT2D eigenvalue weighted by Crippen LogP contribution is 2.36. The number of hydrogen-bond acceptors (Lipinski definition) is 8. The van der Waals surface area contributed by atoms with Crippen molar-refractivity contribution >= 4 is 35.3 Å². The van der Waals surface area contributed by atoms with Crippen molar-refractivity contribution < 1.29 is 28.8 Å². The first-order chi connectivity index (χ1) is 23.2. The maximum Gasteiger partial charge on any atom is 0.289 e. The predicted molar refractivity (Wildman–Crippen MR) is 182 cm³/mol. The number of likely N-dealkylation sites (tertiary alicyclic amines) is 1. The molecule has 5 amide bonds. The lowest BCUT2D eigenvalue weighted by Crippen LogP contribution is -2.62. The van der Waals surface area contributed by atoms with Crippen LogP contribution in [-0.2, 0) is 24.0 Å². The average molecular weight is 683 g/mol. The molecule has 1 unspecified atom stereocenters. The van der Waals surface area contributed by atoms with Gasteiger partial charge < -0.3 is 26.2 Å². The molecule has 1 aromatic heterocycles. The lowest BCUT2D eigenvalue weighted by Gasteiger charge is -2.38. The fourth-order valence-electron chi connectivity index (χ4n) is 7.12. The molecule has 4 rings (SSSR count). The van der Waals surface area contributed by atoms with E-state index < -0.39 is 64.9 Å². The van der Waals surface area contributed by atoms with Crippen LogP contribution < -0.4 is 21.3 Å². The second kappa shape index (κ2) is 16.5. The van der Waals surface area contributed by atoms with Crippen LogP contribution in [0.5, 0.6) is 0 Å². The molecule has 270 valence electrons. The number of ketones is 1. The number of aromatic nitrogens is 3. The molecule has 2 heterocycles. The first-order valence-electron chi connectivity index (χ1n) is 17.7. The number of Topliss-reactive ketones (excluding diaryl/α,β-unsaturated/α-hetero) is 1. The summed E-state index contributed by atoms with van der Waals surface area (Å²) in [7, 11) is 0. The van der Waals surface area contributed by atoms with Gasteiger partial charge in [-0.3, -0.25) is 33.9 Å². The van der Waals surface area contributed by atoms with Crippen LogP contribution in [0.3, 0.4) is 0 Å². The van der Waals surface area contributed by atoms with E-state index in [9.17, 15) is 28.8 Å². The molecule has 0 aromatic carbocycles. The van der Waals surface area contributed by atoms with Crippen molar-refractivity contribution in [1.29, 1.82) is 0 Å². The summed E-state index contributed by atoms with van der Waals surface area (Å²) >= 11 is 0. The molecule has 0 spiro atoms. The maximum absolute atomic E-state index is 14.5. The van der Waals surface area contributed by atoms with E-state index in [1.807, 2.05) is 34.6 Å². The van der Waals surface area contributed by atoms with Crippen molar-refractivity contribution in [3.63, 3.8) is 0 Å². The molecule has 5 atom stereocenters. The van der Waals surface area contributed by atoms with Crippen molar-refractivity contribution in [1.82, 2.24) is 41.3 Å².